The Morgan fingerprint density at radius 2 is 2.36 bits per heavy atom. The second-order valence-electron chi connectivity index (χ2n) is 2.44. The van der Waals surface area contributed by atoms with Gasteiger partial charge in [-0.05, 0) is 28.1 Å². The van der Waals surface area contributed by atoms with Crippen LogP contribution in [0.25, 0.3) is 0 Å². The van der Waals surface area contributed by atoms with Crippen molar-refractivity contribution in [3.05, 3.63) is 34.7 Å². The summed E-state index contributed by atoms with van der Waals surface area (Å²) in [5.41, 5.74) is 0. The average molecular weight is 279 g/mol. The van der Waals surface area contributed by atoms with E-state index in [1.807, 2.05) is 0 Å². The predicted octanol–water partition coefficient (Wildman–Crippen LogP) is 2.57. The Bertz CT molecular complexity index is 335. The highest BCUT2D eigenvalue weighted by molar-refractivity contribution is 9.10. The van der Waals surface area contributed by atoms with Gasteiger partial charge in [0.2, 0.25) is 0 Å². The number of carbonyl (C=O) groups is 1. The summed E-state index contributed by atoms with van der Waals surface area (Å²) in [5, 5.41) is 2.65. The van der Waals surface area contributed by atoms with Crippen LogP contribution < -0.4 is 5.32 Å². The number of carbonyl (C=O) groups excluding carboxylic acids is 1. The van der Waals surface area contributed by atoms with Crippen LogP contribution in [0.3, 0.4) is 0 Å². The Hall–Kier alpha value is -0.740. The van der Waals surface area contributed by atoms with Crippen molar-refractivity contribution in [3.63, 3.8) is 0 Å². The number of allylic oxidation sites excluding steroid dienone is 1. The van der Waals surface area contributed by atoms with Crippen LogP contribution >= 0.6 is 27.5 Å². The van der Waals surface area contributed by atoms with Gasteiger partial charge < -0.3 is 9.73 Å². The van der Waals surface area contributed by atoms with Gasteiger partial charge in [0.15, 0.2) is 10.4 Å². The fraction of sp³-hybridized carbons (Fsp3) is 0.222. The average Bonchev–Trinajstić information content (AvgIpc) is 2.59. The van der Waals surface area contributed by atoms with Gasteiger partial charge in [-0.25, -0.2) is 0 Å². The molecule has 0 aliphatic heterocycles. The van der Waals surface area contributed by atoms with Crippen LogP contribution in [0.15, 0.2) is 33.4 Å². The van der Waals surface area contributed by atoms with E-state index >= 15 is 0 Å². The monoisotopic (exact) mass is 277 g/mol. The van der Waals surface area contributed by atoms with Crippen LogP contribution in [-0.4, -0.2) is 18.3 Å². The van der Waals surface area contributed by atoms with E-state index in [1.165, 1.54) is 0 Å². The molecule has 0 aliphatic rings. The molecule has 0 bridgehead atoms. The molecule has 5 heteroatoms. The van der Waals surface area contributed by atoms with Gasteiger partial charge in [-0.15, -0.1) is 11.6 Å². The summed E-state index contributed by atoms with van der Waals surface area (Å²) in [7, 11) is 0. The molecule has 1 rings (SSSR count). The number of alkyl halides is 1. The predicted molar refractivity (Wildman–Crippen MR) is 58.6 cm³/mol. The summed E-state index contributed by atoms with van der Waals surface area (Å²) < 4.78 is 5.60. The second kappa shape index (κ2) is 5.88. The first kappa shape index (κ1) is 11.3. The number of rotatable bonds is 4. The minimum atomic E-state index is -0.241. The summed E-state index contributed by atoms with van der Waals surface area (Å²) in [6.45, 7) is 0.448. The maximum Gasteiger partial charge on any atom is 0.287 e. The molecule has 0 aromatic carbocycles. The van der Waals surface area contributed by atoms with Crippen molar-refractivity contribution in [3.8, 4) is 0 Å². The molecular weight excluding hydrogens is 269 g/mol. The summed E-state index contributed by atoms with van der Waals surface area (Å²) >= 11 is 8.53. The van der Waals surface area contributed by atoms with Crippen molar-refractivity contribution in [2.24, 2.45) is 0 Å². The lowest BCUT2D eigenvalue weighted by Gasteiger charge is -1.97. The Balaban J connectivity index is 2.39. The lowest BCUT2D eigenvalue weighted by Crippen LogP contribution is -2.22. The Labute approximate surface area is 95.2 Å². The number of hydrogen-bond acceptors (Lipinski definition) is 2. The van der Waals surface area contributed by atoms with Gasteiger partial charge in [0, 0.05) is 12.4 Å². The number of amides is 1. The third-order valence-corrected chi connectivity index (χ3v) is 2.04. The van der Waals surface area contributed by atoms with Crippen LogP contribution in [0.4, 0.5) is 0 Å². The van der Waals surface area contributed by atoms with Crippen LogP contribution in [0.1, 0.15) is 10.6 Å². The Morgan fingerprint density at radius 1 is 1.57 bits per heavy atom. The van der Waals surface area contributed by atoms with E-state index in [0.29, 0.717) is 17.1 Å². The highest BCUT2D eigenvalue weighted by Gasteiger charge is 2.07. The van der Waals surface area contributed by atoms with Crippen molar-refractivity contribution in [2.45, 2.75) is 0 Å². The minimum Gasteiger partial charge on any atom is -0.444 e. The number of hydrogen-bond donors (Lipinski definition) is 1. The first-order chi connectivity index (χ1) is 6.74. The zero-order valence-electron chi connectivity index (χ0n) is 7.30. The lowest BCUT2D eigenvalue weighted by molar-refractivity contribution is 0.0929. The van der Waals surface area contributed by atoms with Crippen molar-refractivity contribution < 1.29 is 9.21 Å². The van der Waals surface area contributed by atoms with E-state index in [2.05, 4.69) is 21.2 Å². The molecule has 1 N–H and O–H groups in total. The molecule has 3 nitrogen and oxygen atoms in total. The molecule has 0 radical (unpaired) electrons. The first-order valence-corrected chi connectivity index (χ1v) is 5.31. The number of furan rings is 1. The molecule has 76 valence electrons. The second-order valence-corrected chi connectivity index (χ2v) is 3.53. The summed E-state index contributed by atoms with van der Waals surface area (Å²) in [6, 6.07) is 3.27. The standard InChI is InChI=1S/C9H9BrClNO2/c10-8-4-3-7(14-8)9(13)12-6-2-1-5-11/h1-4H,5-6H2,(H,12,13)/b2-1+. The van der Waals surface area contributed by atoms with Gasteiger partial charge in [-0.2, -0.15) is 0 Å². The van der Waals surface area contributed by atoms with Crippen LogP contribution in [0, 0.1) is 0 Å². The number of nitrogens with one attached hydrogen (secondary N) is 1. The highest BCUT2D eigenvalue weighted by atomic mass is 79.9. The summed E-state index contributed by atoms with van der Waals surface area (Å²) in [4.78, 5) is 11.3. The van der Waals surface area contributed by atoms with Crippen LogP contribution in [-0.2, 0) is 0 Å². The Kier molecular flexibility index (Phi) is 4.76. The molecule has 1 heterocycles. The lowest BCUT2D eigenvalue weighted by atomic mass is 10.4. The zero-order chi connectivity index (χ0) is 10.4. The maximum absolute atomic E-state index is 11.3. The van der Waals surface area contributed by atoms with E-state index in [0.717, 1.165) is 0 Å². The van der Waals surface area contributed by atoms with Crippen molar-refractivity contribution in [1.82, 2.24) is 5.32 Å². The van der Waals surface area contributed by atoms with Crippen LogP contribution in [0.2, 0.25) is 0 Å². The van der Waals surface area contributed by atoms with E-state index in [1.54, 1.807) is 24.3 Å². The molecule has 0 atom stereocenters. The SMILES string of the molecule is O=C(NC/C=C/CCl)c1ccc(Br)o1. The molecular formula is C9H9BrClNO2. The molecule has 0 aliphatic carbocycles. The zero-order valence-corrected chi connectivity index (χ0v) is 9.64. The fourth-order valence-electron chi connectivity index (χ4n) is 0.821. The topological polar surface area (TPSA) is 42.2 Å². The molecule has 14 heavy (non-hydrogen) atoms. The smallest absolute Gasteiger partial charge is 0.287 e. The van der Waals surface area contributed by atoms with Crippen molar-refractivity contribution >= 4 is 33.4 Å². The van der Waals surface area contributed by atoms with Gasteiger partial charge in [-0.3, -0.25) is 4.79 Å². The third-order valence-electron chi connectivity index (χ3n) is 1.43. The first-order valence-electron chi connectivity index (χ1n) is 3.98. The fourth-order valence-corrected chi connectivity index (χ4v) is 1.25. The maximum atomic E-state index is 11.3. The highest BCUT2D eigenvalue weighted by Crippen LogP contribution is 2.13. The quantitative estimate of drug-likeness (QED) is 0.679. The minimum absolute atomic E-state index is 0.241. The summed E-state index contributed by atoms with van der Waals surface area (Å²) in [6.07, 6.45) is 3.54. The Morgan fingerprint density at radius 3 is 2.93 bits per heavy atom. The molecule has 1 amide bonds. The van der Waals surface area contributed by atoms with Crippen molar-refractivity contribution in [2.75, 3.05) is 12.4 Å². The van der Waals surface area contributed by atoms with Gasteiger partial charge >= 0.3 is 0 Å². The van der Waals surface area contributed by atoms with E-state index in [-0.39, 0.29) is 11.7 Å². The van der Waals surface area contributed by atoms with Gasteiger partial charge in [0.1, 0.15) is 0 Å². The molecule has 1 aromatic rings. The van der Waals surface area contributed by atoms with Gasteiger partial charge in [0.25, 0.3) is 5.91 Å². The molecule has 0 saturated heterocycles. The molecule has 1 aromatic heterocycles. The van der Waals surface area contributed by atoms with E-state index in [9.17, 15) is 4.79 Å². The van der Waals surface area contributed by atoms with Crippen molar-refractivity contribution in [1.29, 1.82) is 0 Å². The summed E-state index contributed by atoms with van der Waals surface area (Å²) in [5.74, 6) is 0.494. The molecule has 0 spiro atoms. The van der Waals surface area contributed by atoms with Crippen LogP contribution in [0.5, 0.6) is 0 Å². The molecule has 0 fully saturated rings. The third kappa shape index (κ3) is 3.55. The normalized spacial score (nSPS) is 10.7. The molecule has 0 saturated carbocycles. The van der Waals surface area contributed by atoms with E-state index < -0.39 is 0 Å². The largest absolute Gasteiger partial charge is 0.444 e. The molecule has 0 unspecified atom stereocenters. The van der Waals surface area contributed by atoms with E-state index in [4.69, 9.17) is 16.0 Å². The van der Waals surface area contributed by atoms with Gasteiger partial charge in [-0.1, -0.05) is 12.2 Å². The number of halogens is 2. The van der Waals surface area contributed by atoms with Gasteiger partial charge in [0.05, 0.1) is 0 Å².